The van der Waals surface area contributed by atoms with E-state index >= 15 is 0 Å². The lowest BCUT2D eigenvalue weighted by Gasteiger charge is -2.29. The van der Waals surface area contributed by atoms with Crippen molar-refractivity contribution >= 4 is 0 Å². The molecule has 0 aliphatic carbocycles. The van der Waals surface area contributed by atoms with E-state index in [1.807, 2.05) is 0 Å². The molecule has 1 aromatic carbocycles. The number of alkyl halides is 3. The molecule has 1 atom stereocenters. The fourth-order valence-corrected chi connectivity index (χ4v) is 1.82. The van der Waals surface area contributed by atoms with Gasteiger partial charge in [0, 0.05) is 17.7 Å². The summed E-state index contributed by atoms with van der Waals surface area (Å²) in [6.45, 7) is 2.25. The molecule has 0 spiro atoms. The van der Waals surface area contributed by atoms with E-state index in [4.69, 9.17) is 0 Å². The van der Waals surface area contributed by atoms with Crippen LogP contribution in [0.25, 0.3) is 0 Å². The Hall–Kier alpha value is -1.30. The quantitative estimate of drug-likeness (QED) is 0.842. The molecule has 0 fully saturated rings. The van der Waals surface area contributed by atoms with Gasteiger partial charge in [-0.1, -0.05) is 13.0 Å². The van der Waals surface area contributed by atoms with E-state index in [-0.39, 0.29) is 17.9 Å². The van der Waals surface area contributed by atoms with Crippen LogP contribution in [0.2, 0.25) is 0 Å². The number of phenols is 1. The Kier molecular flexibility index (Phi) is 4.56. The fraction of sp³-hybridized carbons (Fsp3) is 0.500. The van der Waals surface area contributed by atoms with Gasteiger partial charge in [-0.2, -0.15) is 13.2 Å². The molecule has 0 saturated heterocycles. The van der Waals surface area contributed by atoms with Crippen molar-refractivity contribution in [3.8, 4) is 5.75 Å². The Morgan fingerprint density at radius 1 is 1.33 bits per heavy atom. The van der Waals surface area contributed by atoms with E-state index in [2.05, 4.69) is 0 Å². The van der Waals surface area contributed by atoms with Crippen molar-refractivity contribution in [2.75, 3.05) is 13.1 Å². The second kappa shape index (κ2) is 5.56. The van der Waals surface area contributed by atoms with E-state index in [0.717, 1.165) is 17.0 Å². The Morgan fingerprint density at radius 2 is 1.94 bits per heavy atom. The van der Waals surface area contributed by atoms with Crippen LogP contribution in [-0.4, -0.2) is 29.3 Å². The van der Waals surface area contributed by atoms with Crippen molar-refractivity contribution in [3.05, 3.63) is 29.6 Å². The number of benzene rings is 1. The summed E-state index contributed by atoms with van der Waals surface area (Å²) >= 11 is 0. The molecule has 0 amide bonds. The molecule has 1 N–H and O–H groups in total. The smallest absolute Gasteiger partial charge is 0.401 e. The maximum atomic E-state index is 12.8. The summed E-state index contributed by atoms with van der Waals surface area (Å²) < 4.78 is 49.9. The Morgan fingerprint density at radius 3 is 2.39 bits per heavy atom. The zero-order valence-electron chi connectivity index (χ0n) is 10.1. The zero-order valence-corrected chi connectivity index (χ0v) is 10.1. The summed E-state index contributed by atoms with van der Waals surface area (Å²) in [6, 6.07) is 2.67. The first-order valence-electron chi connectivity index (χ1n) is 5.53. The summed E-state index contributed by atoms with van der Waals surface area (Å²) in [5, 5.41) is 9.56. The van der Waals surface area contributed by atoms with Gasteiger partial charge in [-0.3, -0.25) is 4.90 Å². The van der Waals surface area contributed by atoms with E-state index in [1.165, 1.54) is 6.07 Å². The maximum absolute atomic E-state index is 12.8. The molecular weight excluding hydrogens is 250 g/mol. The van der Waals surface area contributed by atoms with Crippen molar-refractivity contribution < 1.29 is 22.7 Å². The van der Waals surface area contributed by atoms with Crippen LogP contribution in [0, 0.1) is 5.82 Å². The van der Waals surface area contributed by atoms with Gasteiger partial charge in [0.1, 0.15) is 11.6 Å². The third-order valence-corrected chi connectivity index (χ3v) is 2.78. The van der Waals surface area contributed by atoms with Crippen LogP contribution in [0.5, 0.6) is 5.75 Å². The third-order valence-electron chi connectivity index (χ3n) is 2.78. The first-order chi connectivity index (χ1) is 8.24. The monoisotopic (exact) mass is 265 g/mol. The lowest BCUT2D eigenvalue weighted by molar-refractivity contribution is -0.150. The van der Waals surface area contributed by atoms with Gasteiger partial charge in [0.25, 0.3) is 0 Å². The number of halogens is 4. The van der Waals surface area contributed by atoms with Gasteiger partial charge in [0.15, 0.2) is 0 Å². The normalized spacial score (nSPS) is 13.9. The van der Waals surface area contributed by atoms with Crippen LogP contribution >= 0.6 is 0 Å². The topological polar surface area (TPSA) is 23.5 Å². The minimum absolute atomic E-state index is 0.178. The fourth-order valence-electron chi connectivity index (χ4n) is 1.82. The van der Waals surface area contributed by atoms with Crippen LogP contribution in [0.1, 0.15) is 25.5 Å². The number of hydrogen-bond acceptors (Lipinski definition) is 2. The number of phenolic OH excluding ortho intramolecular Hbond substituents is 1. The molecule has 102 valence electrons. The highest BCUT2D eigenvalue weighted by Crippen LogP contribution is 2.30. The molecule has 0 aliphatic rings. The standard InChI is InChI=1S/C12H15F4NO/c1-3-17(7-12(14,15)16)8(2)10-5-4-9(13)6-11(10)18/h4-6,8,18H,3,7H2,1-2H3. The molecular formula is C12H15F4NO. The molecule has 1 unspecified atom stereocenters. The van der Waals surface area contributed by atoms with E-state index in [0.29, 0.717) is 0 Å². The molecule has 0 aliphatic heterocycles. The van der Waals surface area contributed by atoms with E-state index < -0.39 is 24.6 Å². The average molecular weight is 265 g/mol. The molecule has 1 rings (SSSR count). The molecule has 6 heteroatoms. The highest BCUT2D eigenvalue weighted by Gasteiger charge is 2.32. The molecule has 0 heterocycles. The molecule has 0 aromatic heterocycles. The summed E-state index contributed by atoms with van der Waals surface area (Å²) in [5.74, 6) is -0.953. The predicted molar refractivity (Wildman–Crippen MR) is 59.8 cm³/mol. The van der Waals surface area contributed by atoms with Crippen LogP contribution in [-0.2, 0) is 0 Å². The van der Waals surface area contributed by atoms with Crippen molar-refractivity contribution in [1.82, 2.24) is 4.90 Å². The number of aromatic hydroxyl groups is 1. The van der Waals surface area contributed by atoms with Gasteiger partial charge in [-0.15, -0.1) is 0 Å². The highest BCUT2D eigenvalue weighted by atomic mass is 19.4. The van der Waals surface area contributed by atoms with Crippen LogP contribution in [0.3, 0.4) is 0 Å². The molecule has 0 bridgehead atoms. The summed E-state index contributed by atoms with van der Waals surface area (Å²) in [4.78, 5) is 1.16. The van der Waals surface area contributed by atoms with Gasteiger partial charge in [0.2, 0.25) is 0 Å². The Balaban J connectivity index is 2.93. The minimum Gasteiger partial charge on any atom is -0.508 e. The third kappa shape index (κ3) is 3.87. The Bertz CT molecular complexity index is 406. The molecule has 0 saturated carbocycles. The van der Waals surface area contributed by atoms with Gasteiger partial charge in [-0.05, 0) is 19.5 Å². The lowest BCUT2D eigenvalue weighted by Crippen LogP contribution is -2.36. The molecule has 2 nitrogen and oxygen atoms in total. The average Bonchev–Trinajstić information content (AvgIpc) is 2.24. The van der Waals surface area contributed by atoms with Crippen molar-refractivity contribution in [2.24, 2.45) is 0 Å². The van der Waals surface area contributed by atoms with Crippen LogP contribution < -0.4 is 0 Å². The SMILES string of the molecule is CCN(CC(F)(F)F)C(C)c1ccc(F)cc1O. The number of rotatable bonds is 4. The summed E-state index contributed by atoms with van der Waals surface area (Å²) in [6.07, 6.45) is -4.31. The Labute approximate surface area is 103 Å². The molecule has 18 heavy (non-hydrogen) atoms. The van der Waals surface area contributed by atoms with Gasteiger partial charge >= 0.3 is 6.18 Å². The van der Waals surface area contributed by atoms with E-state index in [9.17, 15) is 22.7 Å². The first kappa shape index (κ1) is 14.8. The van der Waals surface area contributed by atoms with Gasteiger partial charge < -0.3 is 5.11 Å². The van der Waals surface area contributed by atoms with Gasteiger partial charge in [0.05, 0.1) is 6.54 Å². The summed E-state index contributed by atoms with van der Waals surface area (Å²) in [5.41, 5.74) is 0.280. The molecule has 0 radical (unpaired) electrons. The highest BCUT2D eigenvalue weighted by molar-refractivity contribution is 5.34. The van der Waals surface area contributed by atoms with Crippen LogP contribution in [0.15, 0.2) is 18.2 Å². The largest absolute Gasteiger partial charge is 0.508 e. The second-order valence-electron chi connectivity index (χ2n) is 4.06. The summed E-state index contributed by atoms with van der Waals surface area (Å²) in [7, 11) is 0. The van der Waals surface area contributed by atoms with Crippen molar-refractivity contribution in [3.63, 3.8) is 0 Å². The number of hydrogen-bond donors (Lipinski definition) is 1. The van der Waals surface area contributed by atoms with Crippen molar-refractivity contribution in [2.45, 2.75) is 26.1 Å². The lowest BCUT2D eigenvalue weighted by atomic mass is 10.1. The minimum atomic E-state index is -4.31. The second-order valence-corrected chi connectivity index (χ2v) is 4.06. The molecule has 1 aromatic rings. The number of nitrogens with zero attached hydrogens (tertiary/aromatic N) is 1. The van der Waals surface area contributed by atoms with Gasteiger partial charge in [-0.25, -0.2) is 4.39 Å². The van der Waals surface area contributed by atoms with Crippen LogP contribution in [0.4, 0.5) is 17.6 Å². The predicted octanol–water partition coefficient (Wildman–Crippen LogP) is 3.48. The maximum Gasteiger partial charge on any atom is 0.401 e. The van der Waals surface area contributed by atoms with E-state index in [1.54, 1.807) is 13.8 Å². The first-order valence-corrected chi connectivity index (χ1v) is 5.53. The zero-order chi connectivity index (χ0) is 13.9. The van der Waals surface area contributed by atoms with Crippen molar-refractivity contribution in [1.29, 1.82) is 0 Å².